The van der Waals surface area contributed by atoms with E-state index in [4.69, 9.17) is 4.74 Å². The number of hydrogen-bond donors (Lipinski definition) is 1. The average Bonchev–Trinajstić information content (AvgIpc) is 3.12. The van der Waals surface area contributed by atoms with Crippen molar-refractivity contribution < 1.29 is 14.3 Å². The van der Waals surface area contributed by atoms with Crippen molar-refractivity contribution in [1.29, 1.82) is 0 Å². The molecule has 0 aliphatic carbocycles. The van der Waals surface area contributed by atoms with Crippen molar-refractivity contribution in [3.05, 3.63) is 11.1 Å². The zero-order valence-electron chi connectivity index (χ0n) is 12.7. The standard InChI is InChI=1S/C14H20N4O3S/c1-8(2)4-15-13(19)10-3-9-5-18(6-12(10)21-9)14(20)11-7-22-17-16-11/h7-10,12H,3-6H2,1-2H3,(H,15,19). The molecule has 3 rings (SSSR count). The molecule has 1 N–H and O–H groups in total. The lowest BCUT2D eigenvalue weighted by atomic mass is 9.99. The molecule has 1 aromatic rings. The number of nitrogens with zero attached hydrogens (tertiary/aromatic N) is 3. The average molecular weight is 324 g/mol. The van der Waals surface area contributed by atoms with Gasteiger partial charge in [-0.05, 0) is 23.9 Å². The largest absolute Gasteiger partial charge is 0.370 e. The first kappa shape index (κ1) is 15.4. The maximum atomic E-state index is 12.3. The number of fused-ring (bicyclic) bond motifs is 2. The van der Waals surface area contributed by atoms with E-state index in [0.29, 0.717) is 37.7 Å². The third-order valence-electron chi connectivity index (χ3n) is 4.04. The zero-order valence-corrected chi connectivity index (χ0v) is 13.5. The van der Waals surface area contributed by atoms with Gasteiger partial charge in [-0.1, -0.05) is 18.3 Å². The summed E-state index contributed by atoms with van der Waals surface area (Å²) in [5.74, 6) is 0.150. The number of likely N-dealkylation sites (tertiary alicyclic amines) is 1. The smallest absolute Gasteiger partial charge is 0.275 e. The van der Waals surface area contributed by atoms with Gasteiger partial charge in [0.1, 0.15) is 0 Å². The van der Waals surface area contributed by atoms with E-state index in [1.807, 2.05) is 0 Å². The number of nitrogens with one attached hydrogen (secondary N) is 1. The highest BCUT2D eigenvalue weighted by Crippen LogP contribution is 2.32. The van der Waals surface area contributed by atoms with Crippen molar-refractivity contribution in [3.8, 4) is 0 Å². The van der Waals surface area contributed by atoms with Crippen molar-refractivity contribution in [2.75, 3.05) is 19.6 Å². The first-order chi connectivity index (χ1) is 10.5. The van der Waals surface area contributed by atoms with Crippen molar-refractivity contribution in [3.63, 3.8) is 0 Å². The third-order valence-corrected chi connectivity index (χ3v) is 4.55. The Balaban J connectivity index is 1.62. The number of morpholine rings is 1. The minimum absolute atomic E-state index is 0.0332. The Morgan fingerprint density at radius 3 is 3.00 bits per heavy atom. The number of aromatic nitrogens is 2. The maximum absolute atomic E-state index is 12.3. The van der Waals surface area contributed by atoms with E-state index >= 15 is 0 Å². The van der Waals surface area contributed by atoms with Crippen LogP contribution in [-0.2, 0) is 9.53 Å². The topological polar surface area (TPSA) is 84.4 Å². The van der Waals surface area contributed by atoms with E-state index < -0.39 is 0 Å². The molecule has 0 radical (unpaired) electrons. The highest BCUT2D eigenvalue weighted by molar-refractivity contribution is 7.03. The van der Waals surface area contributed by atoms with Crippen molar-refractivity contribution in [2.24, 2.45) is 11.8 Å². The molecule has 2 bridgehead atoms. The van der Waals surface area contributed by atoms with Crippen LogP contribution in [-0.4, -0.2) is 58.1 Å². The van der Waals surface area contributed by atoms with Crippen LogP contribution in [0.2, 0.25) is 0 Å². The Morgan fingerprint density at radius 1 is 1.50 bits per heavy atom. The molecule has 1 aromatic heterocycles. The van der Waals surface area contributed by atoms with E-state index in [-0.39, 0.29) is 29.9 Å². The SMILES string of the molecule is CC(C)CNC(=O)C1CC2CN(C(=O)c3csnn3)CC1O2. The summed E-state index contributed by atoms with van der Waals surface area (Å²) >= 11 is 1.16. The predicted molar refractivity (Wildman–Crippen MR) is 80.4 cm³/mol. The van der Waals surface area contributed by atoms with Gasteiger partial charge in [0.05, 0.1) is 18.1 Å². The van der Waals surface area contributed by atoms with Gasteiger partial charge in [-0.2, -0.15) is 0 Å². The molecule has 2 fully saturated rings. The van der Waals surface area contributed by atoms with Crippen LogP contribution in [0.4, 0.5) is 0 Å². The molecule has 2 saturated heterocycles. The van der Waals surface area contributed by atoms with Gasteiger partial charge in [-0.3, -0.25) is 9.59 Å². The number of ether oxygens (including phenoxy) is 1. The molecule has 2 aliphatic heterocycles. The Kier molecular flexibility index (Phi) is 4.39. The van der Waals surface area contributed by atoms with E-state index in [2.05, 4.69) is 28.8 Å². The molecule has 3 heterocycles. The zero-order chi connectivity index (χ0) is 15.7. The number of carbonyl (C=O) groups is 2. The number of rotatable bonds is 4. The minimum atomic E-state index is -0.221. The van der Waals surface area contributed by atoms with Crippen LogP contribution < -0.4 is 5.32 Å². The monoisotopic (exact) mass is 324 g/mol. The molecule has 7 nitrogen and oxygen atoms in total. The molecule has 8 heteroatoms. The van der Waals surface area contributed by atoms with Crippen molar-refractivity contribution in [2.45, 2.75) is 32.5 Å². The summed E-state index contributed by atoms with van der Waals surface area (Å²) in [6, 6.07) is 0. The highest BCUT2D eigenvalue weighted by atomic mass is 32.1. The Labute approximate surface area is 133 Å². The van der Waals surface area contributed by atoms with Gasteiger partial charge in [0.15, 0.2) is 5.69 Å². The molecule has 2 aliphatic rings. The fourth-order valence-corrected chi connectivity index (χ4v) is 3.39. The molecule has 22 heavy (non-hydrogen) atoms. The van der Waals surface area contributed by atoms with E-state index in [0.717, 1.165) is 11.5 Å². The van der Waals surface area contributed by atoms with Gasteiger partial charge >= 0.3 is 0 Å². The second-order valence-corrected chi connectivity index (χ2v) is 6.89. The Bertz CT molecular complexity index is 548. The minimum Gasteiger partial charge on any atom is -0.370 e. The second-order valence-electron chi connectivity index (χ2n) is 6.28. The van der Waals surface area contributed by atoms with Gasteiger partial charge in [-0.15, -0.1) is 5.10 Å². The molecule has 3 atom stereocenters. The number of hydrogen-bond acceptors (Lipinski definition) is 6. The van der Waals surface area contributed by atoms with Gasteiger partial charge in [0.25, 0.3) is 5.91 Å². The summed E-state index contributed by atoms with van der Waals surface area (Å²) in [6.45, 7) is 5.74. The van der Waals surface area contributed by atoms with Crippen LogP contribution in [0.3, 0.4) is 0 Å². The summed E-state index contributed by atoms with van der Waals surface area (Å²) in [5, 5.41) is 8.43. The summed E-state index contributed by atoms with van der Waals surface area (Å²) in [6.07, 6.45) is 0.388. The normalized spacial score (nSPS) is 27.2. The molecule has 120 valence electrons. The quantitative estimate of drug-likeness (QED) is 0.874. The van der Waals surface area contributed by atoms with Crippen LogP contribution in [0.25, 0.3) is 0 Å². The lowest BCUT2D eigenvalue weighted by Gasteiger charge is -2.32. The van der Waals surface area contributed by atoms with Gasteiger partial charge in [0, 0.05) is 25.0 Å². The molecular formula is C14H20N4O3S. The molecule has 0 spiro atoms. The highest BCUT2D eigenvalue weighted by Gasteiger charge is 2.45. The van der Waals surface area contributed by atoms with Crippen molar-refractivity contribution >= 4 is 23.3 Å². The summed E-state index contributed by atoms with van der Waals surface area (Å²) < 4.78 is 9.57. The van der Waals surface area contributed by atoms with E-state index in [9.17, 15) is 9.59 Å². The van der Waals surface area contributed by atoms with Gasteiger partial charge in [0.2, 0.25) is 5.91 Å². The van der Waals surface area contributed by atoms with Crippen LogP contribution in [0.1, 0.15) is 30.8 Å². The molecular weight excluding hydrogens is 304 g/mol. The van der Waals surface area contributed by atoms with Crippen molar-refractivity contribution in [1.82, 2.24) is 19.8 Å². The molecule has 3 unspecified atom stereocenters. The summed E-state index contributed by atoms with van der Waals surface area (Å²) in [7, 11) is 0. The Hall–Kier alpha value is -1.54. The second kappa shape index (κ2) is 6.29. The summed E-state index contributed by atoms with van der Waals surface area (Å²) in [4.78, 5) is 26.4. The molecule has 0 saturated carbocycles. The number of amides is 2. The van der Waals surface area contributed by atoms with E-state index in [1.165, 1.54) is 0 Å². The van der Waals surface area contributed by atoms with E-state index in [1.54, 1.807) is 10.3 Å². The fraction of sp³-hybridized carbons (Fsp3) is 0.714. The fourth-order valence-electron chi connectivity index (χ4n) is 2.96. The lowest BCUT2D eigenvalue weighted by molar-refractivity contribution is -0.127. The number of carbonyl (C=O) groups excluding carboxylic acids is 2. The van der Waals surface area contributed by atoms with Crippen LogP contribution >= 0.6 is 11.5 Å². The summed E-state index contributed by atoms with van der Waals surface area (Å²) in [5.41, 5.74) is 0.368. The molecule has 2 amide bonds. The van der Waals surface area contributed by atoms with Gasteiger partial charge < -0.3 is 15.0 Å². The van der Waals surface area contributed by atoms with Crippen LogP contribution in [0.15, 0.2) is 5.38 Å². The predicted octanol–water partition coefficient (Wildman–Crippen LogP) is 0.540. The lowest BCUT2D eigenvalue weighted by Crippen LogP contribution is -2.48. The third kappa shape index (κ3) is 3.12. The van der Waals surface area contributed by atoms with Crippen LogP contribution in [0.5, 0.6) is 0 Å². The van der Waals surface area contributed by atoms with Crippen LogP contribution in [0, 0.1) is 11.8 Å². The first-order valence-electron chi connectivity index (χ1n) is 7.54. The first-order valence-corrected chi connectivity index (χ1v) is 8.37. The Morgan fingerprint density at radius 2 is 2.32 bits per heavy atom. The molecule has 0 aromatic carbocycles. The van der Waals surface area contributed by atoms with Gasteiger partial charge in [-0.25, -0.2) is 0 Å². The maximum Gasteiger partial charge on any atom is 0.275 e.